The van der Waals surface area contributed by atoms with Gasteiger partial charge in [0.2, 0.25) is 0 Å². The van der Waals surface area contributed by atoms with Gasteiger partial charge in [0.1, 0.15) is 0 Å². The van der Waals surface area contributed by atoms with Gasteiger partial charge in [-0.2, -0.15) is 37.3 Å². The minimum absolute atomic E-state index is 0. The van der Waals surface area contributed by atoms with E-state index in [1.165, 1.54) is 6.07 Å². The fourth-order valence-corrected chi connectivity index (χ4v) is 5.62. The molecule has 6 rings (SSSR count). The van der Waals surface area contributed by atoms with Gasteiger partial charge in [0.05, 0.1) is 24.0 Å². The molecule has 0 N–H and O–H groups in total. The van der Waals surface area contributed by atoms with Crippen molar-refractivity contribution in [3.05, 3.63) is 162 Å². The molecule has 0 saturated carbocycles. The van der Waals surface area contributed by atoms with Crippen LogP contribution in [0.3, 0.4) is 0 Å². The van der Waals surface area contributed by atoms with E-state index in [1.54, 1.807) is 0 Å². The zero-order chi connectivity index (χ0) is 49.3. The number of halogens is 4. The Bertz CT molecular complexity index is 2710. The van der Waals surface area contributed by atoms with Gasteiger partial charge in [-0.05, 0) is 57.3 Å². The summed E-state index contributed by atoms with van der Waals surface area (Å²) in [7, 11) is 0. The normalized spacial score (nSPS) is 14.1. The molecule has 1 radical (unpaired) electrons. The van der Waals surface area contributed by atoms with Gasteiger partial charge in [0.15, 0.2) is 0 Å². The molecule has 6 aromatic rings. The average molecular weight is 937 g/mol. The van der Waals surface area contributed by atoms with Gasteiger partial charge in [-0.1, -0.05) is 93.1 Å². The topological polar surface area (TPSA) is 44.3 Å². The number of benzene rings is 5. The number of fused-ring (bicyclic) bond motifs is 2. The predicted molar refractivity (Wildman–Crippen MR) is 217 cm³/mol. The van der Waals surface area contributed by atoms with Gasteiger partial charge in [0.25, 0.3) is 0 Å². The van der Waals surface area contributed by atoms with Gasteiger partial charge in [-0.25, -0.2) is 8.78 Å². The summed E-state index contributed by atoms with van der Waals surface area (Å²) in [6, 6.07) is 3.92. The fraction of sp³-hybridized carbons (Fsp3) is 0.283. The maximum atomic E-state index is 14.3. The van der Waals surface area contributed by atoms with Crippen molar-refractivity contribution in [2.24, 2.45) is 0 Å². The van der Waals surface area contributed by atoms with E-state index in [0.717, 1.165) is 12.1 Å². The van der Waals surface area contributed by atoms with Crippen molar-refractivity contribution in [1.29, 1.82) is 0 Å². The van der Waals surface area contributed by atoms with E-state index in [0.29, 0.717) is 36.3 Å². The maximum absolute atomic E-state index is 14.3. The maximum Gasteiger partial charge on any atom is 0.0840 e. The molecule has 0 atom stereocenters. The second kappa shape index (κ2) is 20.6. The van der Waals surface area contributed by atoms with Gasteiger partial charge < -0.3 is 15.5 Å². The largest absolute Gasteiger partial charge is 0.663 e. The third-order valence-corrected chi connectivity index (χ3v) is 7.72. The third-order valence-electron chi connectivity index (χ3n) is 7.72. The SMILES string of the molecule is CC(C)[N-]C([N-]C(C)C)N(C(C)C)C(C)C.[2H]c1c([2H])c([2H])c2c(-c3[c-]cc(F)cc3F)c([CH2-])c([2H])c([2H])c2c1[2H].[2H]c1cc2c([2H])c([2H])nc(-c3c([CH2-])cc(F)cc3F)c2c([2H])c1[2H].[Ir]. The molecular weight excluding hydrogens is 877 g/mol. The Balaban J connectivity index is 0.000000268. The molecular formula is C46H49F4IrN4-5. The standard InChI is InChI=1S/C17H10F2.C16H10F2N.C13H29N3.Ir/c1-11-6-7-12-4-2-3-5-14(12)17(11)15-9-8-13(18)10-16(15)19;1-10-8-12(17)9-14(18)15(10)16-13-5-3-2-4-11(13)6-7-19-16;1-9(2)14-13(15-10(3)4)16(11(5)6)12(7)8;/h2-8,10H,1H2;2-9H,1H2;9-13H,1-8H3;/q-2;-1;-2;/i2D,3D,4D,5D,6D,7D;2D,3D,5D,6D,7D;;. The van der Waals surface area contributed by atoms with E-state index in [-0.39, 0.29) is 93.5 Å². The Hall–Kier alpha value is -4.24. The second-order valence-electron chi connectivity index (χ2n) is 13.3. The fourth-order valence-electron chi connectivity index (χ4n) is 5.62. The van der Waals surface area contributed by atoms with Crippen molar-refractivity contribution in [2.75, 3.05) is 0 Å². The second-order valence-corrected chi connectivity index (χ2v) is 13.3. The molecule has 4 nitrogen and oxygen atoms in total. The molecule has 0 unspecified atom stereocenters. The number of rotatable bonds is 9. The van der Waals surface area contributed by atoms with Crippen LogP contribution in [0.4, 0.5) is 17.6 Å². The van der Waals surface area contributed by atoms with E-state index in [1.807, 2.05) is 0 Å². The molecule has 0 amide bonds. The molecule has 0 aliphatic carbocycles. The first-order valence-corrected chi connectivity index (χ1v) is 17.2. The molecule has 0 aliphatic heterocycles. The first-order valence-electron chi connectivity index (χ1n) is 22.7. The number of pyridine rings is 1. The van der Waals surface area contributed by atoms with Gasteiger partial charge in [0, 0.05) is 57.1 Å². The molecule has 1 heterocycles. The molecule has 295 valence electrons. The zero-order valence-corrected chi connectivity index (χ0v) is 34.2. The van der Waals surface area contributed by atoms with Crippen LogP contribution in [0.5, 0.6) is 0 Å². The first-order chi connectivity index (χ1) is 30.1. The van der Waals surface area contributed by atoms with E-state index >= 15 is 0 Å². The first kappa shape index (κ1) is 30.9. The van der Waals surface area contributed by atoms with Crippen molar-refractivity contribution in [3.63, 3.8) is 0 Å². The molecule has 0 aliphatic rings. The summed E-state index contributed by atoms with van der Waals surface area (Å²) in [5, 5.41) is 9.09. The Morgan fingerprint density at radius 1 is 0.673 bits per heavy atom. The van der Waals surface area contributed by atoms with E-state index < -0.39 is 77.8 Å². The van der Waals surface area contributed by atoms with Gasteiger partial charge in [-0.15, -0.1) is 47.5 Å². The summed E-state index contributed by atoms with van der Waals surface area (Å²) in [6.45, 7) is 24.5. The quantitative estimate of drug-likeness (QED) is 0.107. The average Bonchev–Trinajstić information content (AvgIpc) is 3.19. The Morgan fingerprint density at radius 2 is 1.27 bits per heavy atom. The van der Waals surface area contributed by atoms with Crippen LogP contribution in [0.2, 0.25) is 0 Å². The summed E-state index contributed by atoms with van der Waals surface area (Å²) in [4.78, 5) is 6.23. The summed E-state index contributed by atoms with van der Waals surface area (Å²) in [5.74, 6) is -3.65. The molecule has 0 fully saturated rings. The Kier molecular flexibility index (Phi) is 11.6. The monoisotopic (exact) mass is 937 g/mol. The molecule has 55 heavy (non-hydrogen) atoms. The molecule has 9 heteroatoms. The van der Waals surface area contributed by atoms with E-state index in [9.17, 15) is 17.6 Å². The molecule has 1 aromatic heterocycles. The van der Waals surface area contributed by atoms with E-state index in [4.69, 9.17) is 25.7 Å². The number of aromatic nitrogens is 1. The smallest absolute Gasteiger partial charge is 0.0840 e. The van der Waals surface area contributed by atoms with Crippen LogP contribution in [-0.4, -0.2) is 40.3 Å². The summed E-state index contributed by atoms with van der Waals surface area (Å²) < 4.78 is 142. The van der Waals surface area contributed by atoms with E-state index in [2.05, 4.69) is 85.2 Å². The van der Waals surface area contributed by atoms with Crippen molar-refractivity contribution in [3.8, 4) is 22.4 Å². The van der Waals surface area contributed by atoms with Crippen LogP contribution in [0.25, 0.3) is 54.6 Å². The zero-order valence-electron chi connectivity index (χ0n) is 42.8. The van der Waals surface area contributed by atoms with Crippen LogP contribution in [-0.2, 0) is 20.1 Å². The molecule has 0 saturated heterocycles. The summed E-state index contributed by atoms with van der Waals surface area (Å²) >= 11 is 0. The minimum atomic E-state index is -1.00. The number of hydrogen-bond donors (Lipinski definition) is 0. The Morgan fingerprint density at radius 3 is 1.87 bits per heavy atom. The predicted octanol–water partition coefficient (Wildman–Crippen LogP) is 13.1. The number of nitrogens with zero attached hydrogens (tertiary/aromatic N) is 4. The van der Waals surface area contributed by atoms with Gasteiger partial charge >= 0.3 is 0 Å². The van der Waals surface area contributed by atoms with Crippen molar-refractivity contribution in [2.45, 2.75) is 85.8 Å². The van der Waals surface area contributed by atoms with Gasteiger partial charge in [-0.3, -0.25) is 13.8 Å². The Labute approximate surface area is 353 Å². The van der Waals surface area contributed by atoms with Crippen LogP contribution in [0.1, 0.15) is 81.6 Å². The minimum Gasteiger partial charge on any atom is -0.663 e. The van der Waals surface area contributed by atoms with Crippen molar-refractivity contribution in [1.82, 2.24) is 9.88 Å². The van der Waals surface area contributed by atoms with Crippen LogP contribution in [0.15, 0.2) is 96.9 Å². The molecule has 0 bridgehead atoms. The summed E-state index contributed by atoms with van der Waals surface area (Å²) in [6.07, 6.45) is -0.475. The van der Waals surface area contributed by atoms with Crippen molar-refractivity contribution < 1.29 is 52.7 Å². The molecule has 5 aromatic carbocycles. The number of hydrogen-bond acceptors (Lipinski definition) is 2. The van der Waals surface area contributed by atoms with Crippen LogP contribution < -0.4 is 0 Å². The van der Waals surface area contributed by atoms with Crippen molar-refractivity contribution >= 4 is 21.5 Å². The summed E-state index contributed by atoms with van der Waals surface area (Å²) in [5.41, 5.74) is -0.841. The van der Waals surface area contributed by atoms with Crippen LogP contribution >= 0.6 is 0 Å². The third kappa shape index (κ3) is 11.9. The van der Waals surface area contributed by atoms with Crippen LogP contribution in [0, 0.1) is 43.2 Å². The molecule has 0 spiro atoms.